The third-order valence-corrected chi connectivity index (χ3v) is 5.31. The van der Waals surface area contributed by atoms with Crippen molar-refractivity contribution in [1.82, 2.24) is 4.90 Å². The van der Waals surface area contributed by atoms with E-state index in [-0.39, 0.29) is 5.91 Å². The van der Waals surface area contributed by atoms with Gasteiger partial charge in [-0.15, -0.1) is 0 Å². The predicted octanol–water partition coefficient (Wildman–Crippen LogP) is 4.53. The van der Waals surface area contributed by atoms with Crippen LogP contribution in [0.1, 0.15) is 12.8 Å². The Balaban J connectivity index is 1.51. The molecule has 0 spiro atoms. The van der Waals surface area contributed by atoms with Gasteiger partial charge < -0.3 is 15.0 Å². The van der Waals surface area contributed by atoms with Crippen molar-refractivity contribution in [2.45, 2.75) is 12.8 Å². The van der Waals surface area contributed by atoms with Crippen molar-refractivity contribution < 1.29 is 9.53 Å². The maximum atomic E-state index is 12.2. The van der Waals surface area contributed by atoms with Gasteiger partial charge in [0, 0.05) is 24.8 Å². The number of thioether (sulfide) groups is 1. The summed E-state index contributed by atoms with van der Waals surface area (Å²) < 4.78 is 6.60. The maximum Gasteiger partial charge on any atom is 0.234 e. The molecule has 1 aliphatic rings. The number of anilines is 1. The number of hydrogen-bond donors (Lipinski definition) is 1. The number of para-hydroxylation sites is 1. The third-order valence-electron chi connectivity index (χ3n) is 3.79. The Kier molecular flexibility index (Phi) is 6.30. The van der Waals surface area contributed by atoms with E-state index in [9.17, 15) is 4.79 Å². The molecule has 25 heavy (non-hydrogen) atoms. The average molecular weight is 373 g/mol. The molecule has 0 aliphatic carbocycles. The highest BCUT2D eigenvalue weighted by Gasteiger charge is 2.16. The number of rotatable bonds is 5. The van der Waals surface area contributed by atoms with Gasteiger partial charge in [-0.05, 0) is 37.1 Å². The summed E-state index contributed by atoms with van der Waals surface area (Å²) in [5.41, 5.74) is 0.714. The van der Waals surface area contributed by atoms with Crippen LogP contribution in [0.3, 0.4) is 0 Å². The number of nitrogens with one attached hydrogen (secondary N) is 1. The van der Waals surface area contributed by atoms with Gasteiger partial charge in [0.15, 0.2) is 0 Å². The van der Waals surface area contributed by atoms with Crippen molar-refractivity contribution in [2.24, 2.45) is 0 Å². The normalized spacial score (nSPS) is 13.5. The fraction of sp³-hybridized carbons (Fsp3) is 0.263. The Hall–Kier alpha value is -2.05. The van der Waals surface area contributed by atoms with Crippen molar-refractivity contribution in [1.29, 1.82) is 0 Å². The number of carbonyl (C=O) groups is 1. The summed E-state index contributed by atoms with van der Waals surface area (Å²) in [6, 6.07) is 16.9. The van der Waals surface area contributed by atoms with Crippen LogP contribution in [-0.2, 0) is 4.79 Å². The second-order valence-corrected chi connectivity index (χ2v) is 7.35. The monoisotopic (exact) mass is 372 g/mol. The smallest absolute Gasteiger partial charge is 0.234 e. The first-order valence-corrected chi connectivity index (χ1v) is 9.64. The Morgan fingerprint density at radius 3 is 2.56 bits per heavy atom. The van der Waals surface area contributed by atoms with Crippen molar-refractivity contribution in [3.8, 4) is 11.5 Å². The minimum Gasteiger partial charge on any atom is -0.457 e. The molecule has 2 aromatic carbocycles. The van der Waals surface area contributed by atoms with E-state index in [1.54, 1.807) is 0 Å². The minimum absolute atomic E-state index is 0.0663. The molecule has 4 nitrogen and oxygen atoms in total. The molecular formula is C19H20N2O2S2. The molecule has 1 amide bonds. The van der Waals surface area contributed by atoms with Crippen LogP contribution in [0.2, 0.25) is 0 Å². The Morgan fingerprint density at radius 1 is 1.08 bits per heavy atom. The van der Waals surface area contributed by atoms with Gasteiger partial charge in [0.05, 0.1) is 5.75 Å². The Labute approximate surface area is 157 Å². The second-order valence-electron chi connectivity index (χ2n) is 5.74. The zero-order valence-corrected chi connectivity index (χ0v) is 15.4. The molecule has 1 heterocycles. The van der Waals surface area contributed by atoms with Crippen molar-refractivity contribution >= 4 is 39.9 Å². The van der Waals surface area contributed by atoms with Gasteiger partial charge in [0.2, 0.25) is 5.91 Å². The molecule has 1 aliphatic heterocycles. The lowest BCUT2D eigenvalue weighted by Gasteiger charge is -2.17. The molecular weight excluding hydrogens is 352 g/mol. The average Bonchev–Trinajstić information content (AvgIpc) is 3.16. The maximum absolute atomic E-state index is 12.2. The zero-order valence-electron chi connectivity index (χ0n) is 13.8. The van der Waals surface area contributed by atoms with Gasteiger partial charge in [-0.25, -0.2) is 0 Å². The Morgan fingerprint density at radius 2 is 1.80 bits per heavy atom. The van der Waals surface area contributed by atoms with E-state index in [0.717, 1.165) is 23.2 Å². The largest absolute Gasteiger partial charge is 0.457 e. The van der Waals surface area contributed by atoms with E-state index in [4.69, 9.17) is 17.0 Å². The summed E-state index contributed by atoms with van der Waals surface area (Å²) in [5.74, 6) is 1.70. The number of ether oxygens (including phenoxy) is 1. The molecule has 1 saturated heterocycles. The molecule has 0 atom stereocenters. The first-order valence-electron chi connectivity index (χ1n) is 8.25. The van der Waals surface area contributed by atoms with Crippen LogP contribution in [0, 0.1) is 0 Å². The van der Waals surface area contributed by atoms with Crippen LogP contribution in [0.4, 0.5) is 5.69 Å². The molecule has 6 heteroatoms. The number of benzene rings is 2. The van der Waals surface area contributed by atoms with Gasteiger partial charge >= 0.3 is 0 Å². The van der Waals surface area contributed by atoms with E-state index < -0.39 is 0 Å². The molecule has 0 unspecified atom stereocenters. The van der Waals surface area contributed by atoms with Crippen molar-refractivity contribution in [3.05, 3.63) is 54.6 Å². The van der Waals surface area contributed by atoms with Crippen LogP contribution < -0.4 is 10.1 Å². The quantitative estimate of drug-likeness (QED) is 0.781. The second kappa shape index (κ2) is 8.87. The summed E-state index contributed by atoms with van der Waals surface area (Å²) >= 11 is 6.80. The summed E-state index contributed by atoms with van der Waals surface area (Å²) in [6.45, 7) is 2.01. The lowest BCUT2D eigenvalue weighted by Crippen LogP contribution is -2.25. The van der Waals surface area contributed by atoms with Crippen LogP contribution >= 0.6 is 24.0 Å². The summed E-state index contributed by atoms with van der Waals surface area (Å²) in [6.07, 6.45) is 2.36. The molecule has 0 saturated carbocycles. The highest BCUT2D eigenvalue weighted by atomic mass is 32.2. The van der Waals surface area contributed by atoms with E-state index in [2.05, 4.69) is 10.2 Å². The van der Waals surface area contributed by atoms with Crippen molar-refractivity contribution in [3.63, 3.8) is 0 Å². The molecule has 3 rings (SSSR count). The topological polar surface area (TPSA) is 41.6 Å². The van der Waals surface area contributed by atoms with E-state index in [1.807, 2.05) is 54.6 Å². The lowest BCUT2D eigenvalue weighted by molar-refractivity contribution is -0.113. The van der Waals surface area contributed by atoms with E-state index >= 15 is 0 Å². The highest BCUT2D eigenvalue weighted by molar-refractivity contribution is 8.23. The van der Waals surface area contributed by atoms with E-state index in [1.165, 1.54) is 24.6 Å². The minimum atomic E-state index is -0.0663. The number of hydrogen-bond acceptors (Lipinski definition) is 4. The first kappa shape index (κ1) is 17.8. The van der Waals surface area contributed by atoms with Crippen molar-refractivity contribution in [2.75, 3.05) is 24.2 Å². The fourth-order valence-corrected chi connectivity index (χ4v) is 3.63. The predicted molar refractivity (Wildman–Crippen MR) is 107 cm³/mol. The number of thiocarbonyl (C=S) groups is 1. The lowest BCUT2D eigenvalue weighted by atomic mass is 10.3. The molecule has 2 aromatic rings. The number of likely N-dealkylation sites (tertiary alicyclic amines) is 1. The van der Waals surface area contributed by atoms with Crippen LogP contribution in [0.15, 0.2) is 54.6 Å². The van der Waals surface area contributed by atoms with E-state index in [0.29, 0.717) is 17.2 Å². The number of carbonyl (C=O) groups excluding carboxylic acids is 1. The fourth-order valence-electron chi connectivity index (χ4n) is 2.58. The highest BCUT2D eigenvalue weighted by Crippen LogP contribution is 2.24. The third kappa shape index (κ3) is 5.47. The van der Waals surface area contributed by atoms with Gasteiger partial charge in [-0.3, -0.25) is 4.79 Å². The molecule has 1 N–H and O–H groups in total. The Bertz CT molecular complexity index is 731. The molecule has 0 aromatic heterocycles. The summed E-state index contributed by atoms with van der Waals surface area (Å²) in [4.78, 5) is 14.3. The van der Waals surface area contributed by atoms with Crippen LogP contribution in [0.5, 0.6) is 11.5 Å². The summed E-state index contributed by atoms with van der Waals surface area (Å²) in [5, 5.41) is 2.90. The van der Waals surface area contributed by atoms with Gasteiger partial charge in [-0.1, -0.05) is 48.2 Å². The standard InChI is InChI=1S/C19H20N2O2S2/c22-18(14-25-19(24)21-11-4-5-12-21)20-15-7-6-10-17(13-15)23-16-8-2-1-3-9-16/h1-3,6-10,13H,4-5,11-12,14H2,(H,20,22). The molecule has 0 radical (unpaired) electrons. The SMILES string of the molecule is O=C(CSC(=S)N1CCCC1)Nc1cccc(Oc2ccccc2)c1. The summed E-state index contributed by atoms with van der Waals surface area (Å²) in [7, 11) is 0. The molecule has 1 fully saturated rings. The number of nitrogens with zero attached hydrogens (tertiary/aromatic N) is 1. The van der Waals surface area contributed by atoms with Gasteiger partial charge in [0.1, 0.15) is 15.8 Å². The van der Waals surface area contributed by atoms with Crippen LogP contribution in [-0.4, -0.2) is 34.0 Å². The first-order chi connectivity index (χ1) is 12.2. The molecule has 130 valence electrons. The van der Waals surface area contributed by atoms with Crippen LogP contribution in [0.25, 0.3) is 0 Å². The number of amides is 1. The zero-order chi connectivity index (χ0) is 17.5. The van der Waals surface area contributed by atoms with Gasteiger partial charge in [-0.2, -0.15) is 0 Å². The van der Waals surface area contributed by atoms with Gasteiger partial charge in [0.25, 0.3) is 0 Å². The molecule has 0 bridgehead atoms.